The van der Waals surface area contributed by atoms with E-state index in [1.165, 1.54) is 0 Å². The molecular formula is C17H27ClN6O. The molecule has 1 saturated heterocycles. The van der Waals surface area contributed by atoms with Crippen LogP contribution in [-0.2, 0) is 4.79 Å². The first kappa shape index (κ1) is 19.3. The number of anilines is 1. The van der Waals surface area contributed by atoms with Gasteiger partial charge in [-0.15, -0.1) is 0 Å². The molecule has 1 fully saturated rings. The highest BCUT2D eigenvalue weighted by Crippen LogP contribution is 2.25. The highest BCUT2D eigenvalue weighted by Gasteiger charge is 2.27. The maximum absolute atomic E-state index is 11.5. The summed E-state index contributed by atoms with van der Waals surface area (Å²) in [5, 5.41) is 7.29. The number of aliphatic imine (C=N–C) groups is 1. The van der Waals surface area contributed by atoms with Crippen molar-refractivity contribution in [3.8, 4) is 0 Å². The monoisotopic (exact) mass is 366 g/mol. The summed E-state index contributed by atoms with van der Waals surface area (Å²) in [5.41, 5.74) is 4.74. The lowest BCUT2D eigenvalue weighted by Crippen LogP contribution is -2.45. The molecule has 1 amide bonds. The number of aromatic nitrogens is 1. The summed E-state index contributed by atoms with van der Waals surface area (Å²) in [5.74, 6) is 1.14. The second kappa shape index (κ2) is 8.38. The Bertz CT molecular complexity index is 633. The minimum absolute atomic E-state index is 0.229. The summed E-state index contributed by atoms with van der Waals surface area (Å²) in [4.78, 5) is 22.5. The molecule has 0 bridgehead atoms. The lowest BCUT2D eigenvalue weighted by Gasteiger charge is -2.22. The Kier molecular flexibility index (Phi) is 6.47. The first-order valence-electron chi connectivity index (χ1n) is 8.53. The molecule has 0 saturated carbocycles. The first-order chi connectivity index (χ1) is 11.8. The van der Waals surface area contributed by atoms with E-state index < -0.39 is 5.41 Å². The number of halogens is 1. The highest BCUT2D eigenvalue weighted by molar-refractivity contribution is 6.32. The van der Waals surface area contributed by atoms with E-state index in [0.29, 0.717) is 17.5 Å². The van der Waals surface area contributed by atoms with Crippen molar-refractivity contribution < 1.29 is 4.79 Å². The smallest absolute Gasteiger partial charge is 0.224 e. The molecule has 7 nitrogen and oxygen atoms in total. The lowest BCUT2D eigenvalue weighted by molar-refractivity contribution is -0.125. The topological polar surface area (TPSA) is 95.6 Å². The van der Waals surface area contributed by atoms with Crippen molar-refractivity contribution in [2.24, 2.45) is 16.1 Å². The first-order valence-corrected chi connectivity index (χ1v) is 8.91. The van der Waals surface area contributed by atoms with Crippen LogP contribution in [0.25, 0.3) is 0 Å². The predicted molar refractivity (Wildman–Crippen MR) is 102 cm³/mol. The molecule has 1 aliphatic rings. The van der Waals surface area contributed by atoms with Crippen LogP contribution in [0.1, 0.15) is 27.2 Å². The third-order valence-electron chi connectivity index (χ3n) is 4.21. The maximum Gasteiger partial charge on any atom is 0.224 e. The average Bonchev–Trinajstić information content (AvgIpc) is 3.01. The summed E-state index contributed by atoms with van der Waals surface area (Å²) in [6.07, 6.45) is 2.70. The van der Waals surface area contributed by atoms with Crippen LogP contribution in [0.2, 0.25) is 5.02 Å². The molecule has 4 N–H and O–H groups in total. The molecule has 1 unspecified atom stereocenters. The number of hydrogen-bond donors (Lipinski definition) is 3. The van der Waals surface area contributed by atoms with Crippen LogP contribution in [0.5, 0.6) is 0 Å². The van der Waals surface area contributed by atoms with Gasteiger partial charge in [0, 0.05) is 31.9 Å². The summed E-state index contributed by atoms with van der Waals surface area (Å²) in [6.45, 7) is 8.34. The van der Waals surface area contributed by atoms with Crippen LogP contribution in [0, 0.1) is 5.41 Å². The van der Waals surface area contributed by atoms with Gasteiger partial charge >= 0.3 is 0 Å². The molecular weight excluding hydrogens is 340 g/mol. The number of carbonyl (C=O) groups is 1. The Labute approximate surface area is 154 Å². The predicted octanol–water partition coefficient (Wildman–Crippen LogP) is 1.38. The van der Waals surface area contributed by atoms with Gasteiger partial charge in [0.05, 0.1) is 17.0 Å². The molecule has 1 atom stereocenters. The molecule has 138 valence electrons. The molecule has 2 rings (SSSR count). The third-order valence-corrected chi connectivity index (χ3v) is 4.51. The molecule has 1 aromatic heterocycles. The summed E-state index contributed by atoms with van der Waals surface area (Å²) in [7, 11) is 0. The number of carbonyl (C=O) groups excluding carboxylic acids is 1. The second-order valence-electron chi connectivity index (χ2n) is 6.83. The fraction of sp³-hybridized carbons (Fsp3) is 0.588. The zero-order valence-electron chi connectivity index (χ0n) is 15.1. The van der Waals surface area contributed by atoms with Crippen LogP contribution in [-0.4, -0.2) is 49.1 Å². The van der Waals surface area contributed by atoms with Gasteiger partial charge in [-0.1, -0.05) is 11.6 Å². The SMILES string of the molecule is CCNC(=NCC(C)(C)C(N)=O)NC1CCN(c2ncccc2Cl)C1. The van der Waals surface area contributed by atoms with Crippen molar-refractivity contribution in [3.05, 3.63) is 23.4 Å². The molecule has 0 radical (unpaired) electrons. The van der Waals surface area contributed by atoms with Crippen LogP contribution >= 0.6 is 11.6 Å². The van der Waals surface area contributed by atoms with Crippen LogP contribution in [0.4, 0.5) is 5.82 Å². The normalized spacial score (nSPS) is 18.3. The molecule has 2 heterocycles. The number of hydrogen-bond acceptors (Lipinski definition) is 4. The van der Waals surface area contributed by atoms with Crippen molar-refractivity contribution in [1.29, 1.82) is 0 Å². The number of primary amides is 1. The number of amides is 1. The maximum atomic E-state index is 11.5. The van der Waals surface area contributed by atoms with E-state index in [-0.39, 0.29) is 11.9 Å². The zero-order chi connectivity index (χ0) is 18.4. The van der Waals surface area contributed by atoms with Gasteiger partial charge in [-0.25, -0.2) is 4.98 Å². The van der Waals surface area contributed by atoms with Crippen molar-refractivity contribution in [3.63, 3.8) is 0 Å². The van der Waals surface area contributed by atoms with Crippen LogP contribution in [0.15, 0.2) is 23.3 Å². The Morgan fingerprint density at radius 1 is 1.56 bits per heavy atom. The van der Waals surface area contributed by atoms with Gasteiger partial charge in [0.2, 0.25) is 5.91 Å². The Morgan fingerprint density at radius 2 is 2.32 bits per heavy atom. The summed E-state index contributed by atoms with van der Waals surface area (Å²) < 4.78 is 0. The fourth-order valence-corrected chi connectivity index (χ4v) is 2.79. The molecule has 0 aromatic carbocycles. The number of rotatable bonds is 6. The summed E-state index contributed by atoms with van der Waals surface area (Å²) in [6, 6.07) is 3.91. The van der Waals surface area contributed by atoms with Crippen molar-refractivity contribution in [1.82, 2.24) is 15.6 Å². The Balaban J connectivity index is 1.99. The average molecular weight is 367 g/mol. The molecule has 0 aliphatic carbocycles. The van der Waals surface area contributed by atoms with Crippen molar-refractivity contribution >= 4 is 29.3 Å². The van der Waals surface area contributed by atoms with E-state index in [1.54, 1.807) is 20.0 Å². The van der Waals surface area contributed by atoms with Gasteiger partial charge in [0.25, 0.3) is 0 Å². The number of nitrogens with zero attached hydrogens (tertiary/aromatic N) is 3. The second-order valence-corrected chi connectivity index (χ2v) is 7.24. The minimum Gasteiger partial charge on any atom is -0.369 e. The van der Waals surface area contributed by atoms with Crippen LogP contribution in [0.3, 0.4) is 0 Å². The van der Waals surface area contributed by atoms with Gasteiger partial charge in [0.1, 0.15) is 5.82 Å². The lowest BCUT2D eigenvalue weighted by atomic mass is 9.93. The standard InChI is InChI=1S/C17H27ClN6O/c1-4-20-16(22-11-17(2,3)15(19)25)23-12-7-9-24(10-12)14-13(18)6-5-8-21-14/h5-6,8,12H,4,7,9-11H2,1-3H3,(H2,19,25)(H2,20,22,23). The molecule has 0 spiro atoms. The van der Waals surface area contributed by atoms with Gasteiger partial charge in [0.15, 0.2) is 5.96 Å². The largest absolute Gasteiger partial charge is 0.369 e. The van der Waals surface area contributed by atoms with E-state index in [2.05, 4.69) is 25.5 Å². The van der Waals surface area contributed by atoms with Gasteiger partial charge < -0.3 is 21.3 Å². The molecule has 25 heavy (non-hydrogen) atoms. The molecule has 8 heteroatoms. The number of guanidine groups is 1. The van der Waals surface area contributed by atoms with E-state index in [4.69, 9.17) is 17.3 Å². The van der Waals surface area contributed by atoms with E-state index in [0.717, 1.165) is 31.9 Å². The Hall–Kier alpha value is -2.02. The Morgan fingerprint density at radius 3 is 2.96 bits per heavy atom. The van der Waals surface area contributed by atoms with Crippen LogP contribution < -0.4 is 21.3 Å². The molecule has 1 aliphatic heterocycles. The van der Waals surface area contributed by atoms with Crippen molar-refractivity contribution in [2.75, 3.05) is 31.1 Å². The number of nitrogens with one attached hydrogen (secondary N) is 2. The zero-order valence-corrected chi connectivity index (χ0v) is 15.8. The summed E-state index contributed by atoms with van der Waals surface area (Å²) >= 11 is 6.23. The minimum atomic E-state index is -0.675. The molecule has 1 aromatic rings. The van der Waals surface area contributed by atoms with Gasteiger partial charge in [-0.05, 0) is 39.3 Å². The fourth-order valence-electron chi connectivity index (χ4n) is 2.55. The number of nitrogens with two attached hydrogens (primary N) is 1. The highest BCUT2D eigenvalue weighted by atomic mass is 35.5. The van der Waals surface area contributed by atoms with Gasteiger partial charge in [-0.3, -0.25) is 9.79 Å². The van der Waals surface area contributed by atoms with E-state index in [1.807, 2.05) is 19.1 Å². The van der Waals surface area contributed by atoms with Gasteiger partial charge in [-0.2, -0.15) is 0 Å². The third kappa shape index (κ3) is 5.22. The van der Waals surface area contributed by atoms with E-state index >= 15 is 0 Å². The number of pyridine rings is 1. The van der Waals surface area contributed by atoms with Crippen molar-refractivity contribution in [2.45, 2.75) is 33.2 Å². The van der Waals surface area contributed by atoms with E-state index in [9.17, 15) is 4.79 Å². The quantitative estimate of drug-likeness (QED) is 0.522.